The summed E-state index contributed by atoms with van der Waals surface area (Å²) in [6, 6.07) is 1.65. The van der Waals surface area contributed by atoms with Gasteiger partial charge < -0.3 is 15.5 Å². The number of aromatic nitrogens is 1. The van der Waals surface area contributed by atoms with E-state index in [0.717, 1.165) is 32.4 Å². The molecule has 1 amide bonds. The second kappa shape index (κ2) is 9.58. The number of hydrogen-bond acceptors (Lipinski definition) is 4. The molecule has 1 aromatic rings. The van der Waals surface area contributed by atoms with Crippen molar-refractivity contribution in [1.82, 2.24) is 15.2 Å². The lowest BCUT2D eigenvalue weighted by atomic mass is 10.2. The smallest absolute Gasteiger partial charge is 0.252 e. The number of carbonyl (C=O) groups is 1. The van der Waals surface area contributed by atoms with Gasteiger partial charge in [0.25, 0.3) is 5.91 Å². The zero-order valence-electron chi connectivity index (χ0n) is 13.1. The zero-order valence-corrected chi connectivity index (χ0v) is 13.8. The molecule has 1 heterocycles. The van der Waals surface area contributed by atoms with Crippen LogP contribution in [0.5, 0.6) is 0 Å². The van der Waals surface area contributed by atoms with E-state index >= 15 is 0 Å². The highest BCUT2D eigenvalue weighted by Gasteiger charge is 2.09. The van der Waals surface area contributed by atoms with E-state index in [1.165, 1.54) is 0 Å². The number of nitrogens with one attached hydrogen (secondary N) is 2. The molecule has 118 valence electrons. The van der Waals surface area contributed by atoms with Crippen molar-refractivity contribution < 1.29 is 4.79 Å². The number of rotatable bonds is 9. The molecule has 6 heteroatoms. The number of carbonyl (C=O) groups excluding carboxylic acids is 1. The van der Waals surface area contributed by atoms with Crippen molar-refractivity contribution in [1.29, 1.82) is 0 Å². The highest BCUT2D eigenvalue weighted by atomic mass is 35.5. The molecule has 1 aromatic heterocycles. The van der Waals surface area contributed by atoms with Gasteiger partial charge in [0.05, 0.1) is 10.6 Å². The fourth-order valence-electron chi connectivity index (χ4n) is 1.79. The largest absolute Gasteiger partial charge is 0.369 e. The molecule has 0 aliphatic rings. The van der Waals surface area contributed by atoms with E-state index in [9.17, 15) is 4.79 Å². The van der Waals surface area contributed by atoms with E-state index < -0.39 is 0 Å². The fourth-order valence-corrected chi connectivity index (χ4v) is 2.03. The Morgan fingerprint density at radius 3 is 2.71 bits per heavy atom. The van der Waals surface area contributed by atoms with Gasteiger partial charge in [-0.15, -0.1) is 0 Å². The fraction of sp³-hybridized carbons (Fsp3) is 0.600. The first kappa shape index (κ1) is 17.7. The lowest BCUT2D eigenvalue weighted by Gasteiger charge is -2.10. The molecule has 0 saturated carbocycles. The number of anilines is 1. The van der Waals surface area contributed by atoms with Crippen LogP contribution in [0.25, 0.3) is 0 Å². The standard InChI is InChI=1S/C15H25ClN4O/c1-4-7-17-14-13(16)10-12(11-19-14)15(21)18-8-5-6-9-20(2)3/h10-11H,4-9H2,1-3H3,(H,17,19)(H,18,21). The Balaban J connectivity index is 2.42. The number of unbranched alkanes of at least 4 members (excludes halogenated alkanes) is 1. The molecule has 0 aliphatic heterocycles. The number of halogens is 1. The molecule has 0 aromatic carbocycles. The Kier molecular flexibility index (Phi) is 8.08. The van der Waals surface area contributed by atoms with Crippen molar-refractivity contribution in [3.8, 4) is 0 Å². The van der Waals surface area contributed by atoms with E-state index in [1.54, 1.807) is 12.3 Å². The van der Waals surface area contributed by atoms with E-state index in [1.807, 2.05) is 14.1 Å². The molecule has 0 saturated heterocycles. The topological polar surface area (TPSA) is 57.3 Å². The van der Waals surface area contributed by atoms with Gasteiger partial charge in [0.15, 0.2) is 0 Å². The first-order chi connectivity index (χ1) is 10.0. The predicted octanol–water partition coefficient (Wildman–Crippen LogP) is 2.63. The minimum Gasteiger partial charge on any atom is -0.369 e. The minimum atomic E-state index is -0.128. The van der Waals surface area contributed by atoms with Gasteiger partial charge in [-0.3, -0.25) is 4.79 Å². The summed E-state index contributed by atoms with van der Waals surface area (Å²) in [4.78, 5) is 18.3. The maximum absolute atomic E-state index is 12.0. The normalized spacial score (nSPS) is 10.7. The number of amides is 1. The van der Waals surface area contributed by atoms with Crippen molar-refractivity contribution in [2.24, 2.45) is 0 Å². The highest BCUT2D eigenvalue weighted by Crippen LogP contribution is 2.19. The van der Waals surface area contributed by atoms with Gasteiger partial charge in [-0.25, -0.2) is 4.98 Å². The molecular formula is C15H25ClN4O. The summed E-state index contributed by atoms with van der Waals surface area (Å²) in [6.07, 6.45) is 4.57. The lowest BCUT2D eigenvalue weighted by Crippen LogP contribution is -2.25. The van der Waals surface area contributed by atoms with Crippen molar-refractivity contribution in [3.63, 3.8) is 0 Å². The summed E-state index contributed by atoms with van der Waals surface area (Å²) in [7, 11) is 4.08. The highest BCUT2D eigenvalue weighted by molar-refractivity contribution is 6.33. The van der Waals surface area contributed by atoms with Gasteiger partial charge in [0.1, 0.15) is 5.82 Å². The number of nitrogens with zero attached hydrogens (tertiary/aromatic N) is 2. The van der Waals surface area contributed by atoms with Crippen LogP contribution in [-0.2, 0) is 0 Å². The average Bonchev–Trinajstić information content (AvgIpc) is 2.45. The third kappa shape index (κ3) is 6.78. The van der Waals surface area contributed by atoms with Crippen LogP contribution in [0.3, 0.4) is 0 Å². The van der Waals surface area contributed by atoms with Crippen molar-refractivity contribution >= 4 is 23.3 Å². The van der Waals surface area contributed by atoms with Gasteiger partial charge in [0.2, 0.25) is 0 Å². The maximum atomic E-state index is 12.0. The summed E-state index contributed by atoms with van der Waals surface area (Å²) >= 11 is 6.12. The molecule has 0 aliphatic carbocycles. The van der Waals surface area contributed by atoms with Gasteiger partial charge in [-0.2, -0.15) is 0 Å². The van der Waals surface area contributed by atoms with E-state index in [0.29, 0.717) is 22.9 Å². The van der Waals surface area contributed by atoms with Crippen LogP contribution in [0.15, 0.2) is 12.3 Å². The Morgan fingerprint density at radius 2 is 2.10 bits per heavy atom. The minimum absolute atomic E-state index is 0.128. The van der Waals surface area contributed by atoms with Gasteiger partial charge in [-0.05, 0) is 46.0 Å². The molecule has 0 atom stereocenters. The molecule has 0 unspecified atom stereocenters. The zero-order chi connectivity index (χ0) is 15.7. The van der Waals surface area contributed by atoms with Gasteiger partial charge in [-0.1, -0.05) is 18.5 Å². The molecule has 2 N–H and O–H groups in total. The quantitative estimate of drug-likeness (QED) is 0.688. The molecule has 1 rings (SSSR count). The summed E-state index contributed by atoms with van der Waals surface area (Å²) in [5, 5.41) is 6.48. The molecule has 0 bridgehead atoms. The SMILES string of the molecule is CCCNc1ncc(C(=O)NCCCCN(C)C)cc1Cl. The summed E-state index contributed by atoms with van der Waals surface area (Å²) in [5.41, 5.74) is 0.495. The summed E-state index contributed by atoms with van der Waals surface area (Å²) < 4.78 is 0. The number of hydrogen-bond donors (Lipinski definition) is 2. The van der Waals surface area contributed by atoms with Crippen molar-refractivity contribution in [2.45, 2.75) is 26.2 Å². The van der Waals surface area contributed by atoms with Crippen LogP contribution in [0, 0.1) is 0 Å². The van der Waals surface area contributed by atoms with Crippen LogP contribution in [-0.4, -0.2) is 49.5 Å². The number of pyridine rings is 1. The van der Waals surface area contributed by atoms with Crippen LogP contribution < -0.4 is 10.6 Å². The molecule has 0 radical (unpaired) electrons. The maximum Gasteiger partial charge on any atom is 0.252 e. The average molecular weight is 313 g/mol. The Morgan fingerprint density at radius 1 is 1.33 bits per heavy atom. The first-order valence-electron chi connectivity index (χ1n) is 7.37. The summed E-state index contributed by atoms with van der Waals surface area (Å²) in [6.45, 7) is 4.57. The Hall–Kier alpha value is -1.33. The van der Waals surface area contributed by atoms with E-state index in [-0.39, 0.29) is 5.91 Å². The monoisotopic (exact) mass is 312 g/mol. The molecule has 21 heavy (non-hydrogen) atoms. The van der Waals surface area contributed by atoms with E-state index in [2.05, 4.69) is 27.4 Å². The second-order valence-electron chi connectivity index (χ2n) is 5.25. The molecule has 0 spiro atoms. The second-order valence-corrected chi connectivity index (χ2v) is 5.65. The van der Waals surface area contributed by atoms with Crippen LogP contribution >= 0.6 is 11.6 Å². The van der Waals surface area contributed by atoms with Gasteiger partial charge >= 0.3 is 0 Å². The Bertz CT molecular complexity index is 451. The van der Waals surface area contributed by atoms with Crippen LogP contribution in [0.2, 0.25) is 5.02 Å². The van der Waals surface area contributed by atoms with E-state index in [4.69, 9.17) is 11.6 Å². The summed E-state index contributed by atoms with van der Waals surface area (Å²) in [5.74, 6) is 0.498. The first-order valence-corrected chi connectivity index (χ1v) is 7.74. The van der Waals surface area contributed by atoms with Crippen molar-refractivity contribution in [3.05, 3.63) is 22.8 Å². The van der Waals surface area contributed by atoms with Gasteiger partial charge in [0, 0.05) is 19.3 Å². The van der Waals surface area contributed by atoms with Crippen LogP contribution in [0.4, 0.5) is 5.82 Å². The van der Waals surface area contributed by atoms with Crippen molar-refractivity contribution in [2.75, 3.05) is 39.0 Å². The molecule has 0 fully saturated rings. The molecular weight excluding hydrogens is 288 g/mol. The Labute approximate surface area is 132 Å². The lowest BCUT2D eigenvalue weighted by molar-refractivity contribution is 0.0952. The molecule has 5 nitrogen and oxygen atoms in total. The third-order valence-corrected chi connectivity index (χ3v) is 3.25. The third-order valence-electron chi connectivity index (χ3n) is 2.96. The van der Waals surface area contributed by atoms with Crippen LogP contribution in [0.1, 0.15) is 36.5 Å². The predicted molar refractivity (Wildman–Crippen MR) is 88.1 cm³/mol.